The Kier molecular flexibility index (Phi) is 4.52. The van der Waals surface area contributed by atoms with Gasteiger partial charge in [0.2, 0.25) is 0 Å². The normalized spacial score (nSPS) is 17.8. The first-order chi connectivity index (χ1) is 9.90. The Morgan fingerprint density at radius 1 is 1.57 bits per heavy atom. The summed E-state index contributed by atoms with van der Waals surface area (Å²) < 4.78 is 14.1. The molecule has 7 heteroatoms. The molecule has 1 heterocycles. The van der Waals surface area contributed by atoms with Gasteiger partial charge >= 0.3 is 0 Å². The molecule has 1 saturated heterocycles. The number of nitro groups is 1. The molecule has 1 N–H and O–H groups in total. The number of amides is 1. The Labute approximate surface area is 122 Å². The first kappa shape index (κ1) is 15.4. The van der Waals surface area contributed by atoms with E-state index in [4.69, 9.17) is 0 Å². The molecule has 1 aliphatic heterocycles. The molecule has 1 aromatic carbocycles. The molecule has 0 aromatic heterocycles. The topological polar surface area (TPSA) is 75.5 Å². The van der Waals surface area contributed by atoms with Gasteiger partial charge in [-0.05, 0) is 31.9 Å². The highest BCUT2D eigenvalue weighted by Crippen LogP contribution is 2.22. The van der Waals surface area contributed by atoms with E-state index >= 15 is 0 Å². The minimum absolute atomic E-state index is 0.0972. The number of benzene rings is 1. The van der Waals surface area contributed by atoms with Gasteiger partial charge in [0.25, 0.3) is 11.6 Å². The standard InChI is InChI=1S/C14H18FN3O3/c1-9-6-11(18(20)21)7-12(13(9)15)14(19)17(2)8-10-4-3-5-16-10/h6-7,10,16H,3-5,8H2,1-2H3. The molecule has 0 radical (unpaired) electrons. The maximum atomic E-state index is 14.1. The van der Waals surface area contributed by atoms with Crippen molar-refractivity contribution in [2.45, 2.75) is 25.8 Å². The molecule has 21 heavy (non-hydrogen) atoms. The average molecular weight is 295 g/mol. The number of likely N-dealkylation sites (N-methyl/N-ethyl adjacent to an activating group) is 1. The number of non-ortho nitro benzene ring substituents is 1. The number of halogens is 1. The van der Waals surface area contributed by atoms with E-state index < -0.39 is 16.6 Å². The average Bonchev–Trinajstić information content (AvgIpc) is 2.93. The minimum atomic E-state index is -0.697. The number of nitro benzene ring substituents is 1. The highest BCUT2D eigenvalue weighted by molar-refractivity contribution is 5.95. The molecule has 114 valence electrons. The van der Waals surface area contributed by atoms with Crippen LogP contribution in [-0.2, 0) is 0 Å². The van der Waals surface area contributed by atoms with Gasteiger partial charge in [-0.3, -0.25) is 14.9 Å². The number of nitrogens with one attached hydrogen (secondary N) is 1. The van der Waals surface area contributed by atoms with Gasteiger partial charge in [-0.2, -0.15) is 0 Å². The summed E-state index contributed by atoms with van der Waals surface area (Å²) in [5, 5.41) is 14.1. The van der Waals surface area contributed by atoms with Gasteiger partial charge in [0.1, 0.15) is 5.82 Å². The summed E-state index contributed by atoms with van der Waals surface area (Å²) in [6.07, 6.45) is 2.02. The maximum absolute atomic E-state index is 14.1. The number of carbonyl (C=O) groups excluding carboxylic acids is 1. The van der Waals surface area contributed by atoms with Crippen LogP contribution in [0.3, 0.4) is 0 Å². The Morgan fingerprint density at radius 2 is 2.29 bits per heavy atom. The molecule has 1 fully saturated rings. The lowest BCUT2D eigenvalue weighted by Gasteiger charge is -2.21. The van der Waals surface area contributed by atoms with E-state index in [1.807, 2.05) is 0 Å². The number of aryl methyl sites for hydroxylation is 1. The fraction of sp³-hybridized carbons (Fsp3) is 0.500. The fourth-order valence-electron chi connectivity index (χ4n) is 2.54. The van der Waals surface area contributed by atoms with Crippen LogP contribution in [0.1, 0.15) is 28.8 Å². The molecule has 1 atom stereocenters. The summed E-state index contributed by atoms with van der Waals surface area (Å²) in [5.41, 5.74) is -0.424. The molecule has 1 amide bonds. The molecule has 1 aliphatic rings. The molecule has 0 spiro atoms. The zero-order valence-electron chi connectivity index (χ0n) is 12.1. The molecule has 1 aromatic rings. The first-order valence-corrected chi connectivity index (χ1v) is 6.83. The third-order valence-corrected chi connectivity index (χ3v) is 3.68. The largest absolute Gasteiger partial charge is 0.340 e. The number of rotatable bonds is 4. The van der Waals surface area contributed by atoms with E-state index in [0.29, 0.717) is 6.54 Å². The molecular weight excluding hydrogens is 277 g/mol. The summed E-state index contributed by atoms with van der Waals surface area (Å²) in [4.78, 5) is 23.9. The summed E-state index contributed by atoms with van der Waals surface area (Å²) in [5.74, 6) is -1.23. The van der Waals surface area contributed by atoms with Crippen LogP contribution in [0.25, 0.3) is 0 Å². The molecular formula is C14H18FN3O3. The fourth-order valence-corrected chi connectivity index (χ4v) is 2.54. The van der Waals surface area contributed by atoms with Crippen LogP contribution in [0, 0.1) is 22.9 Å². The lowest BCUT2D eigenvalue weighted by Crippen LogP contribution is -2.39. The summed E-state index contributed by atoms with van der Waals surface area (Å²) in [6, 6.07) is 2.33. The second kappa shape index (κ2) is 6.17. The van der Waals surface area contributed by atoms with Crippen LogP contribution in [0.4, 0.5) is 10.1 Å². The van der Waals surface area contributed by atoms with E-state index in [1.165, 1.54) is 11.8 Å². The number of hydrogen-bond acceptors (Lipinski definition) is 4. The molecule has 2 rings (SSSR count). The predicted octanol–water partition coefficient (Wildman–Crippen LogP) is 1.87. The van der Waals surface area contributed by atoms with Crippen LogP contribution in [0.5, 0.6) is 0 Å². The Balaban J connectivity index is 2.22. The Morgan fingerprint density at radius 3 is 2.86 bits per heavy atom. The monoisotopic (exact) mass is 295 g/mol. The summed E-state index contributed by atoms with van der Waals surface area (Å²) in [7, 11) is 1.58. The highest BCUT2D eigenvalue weighted by atomic mass is 19.1. The van der Waals surface area contributed by atoms with Gasteiger partial charge < -0.3 is 10.2 Å². The molecule has 6 nitrogen and oxygen atoms in total. The van der Waals surface area contributed by atoms with E-state index in [1.54, 1.807) is 7.05 Å². The summed E-state index contributed by atoms with van der Waals surface area (Å²) in [6.45, 7) is 2.79. The van der Waals surface area contributed by atoms with Crippen LogP contribution in [0.15, 0.2) is 12.1 Å². The van der Waals surface area contributed by atoms with Crippen molar-refractivity contribution < 1.29 is 14.1 Å². The van der Waals surface area contributed by atoms with Gasteiger partial charge in [-0.1, -0.05) is 0 Å². The lowest BCUT2D eigenvalue weighted by atomic mass is 10.1. The van der Waals surface area contributed by atoms with Gasteiger partial charge in [0.05, 0.1) is 10.5 Å². The van der Waals surface area contributed by atoms with E-state index in [2.05, 4.69) is 5.32 Å². The second-order valence-electron chi connectivity index (χ2n) is 5.36. The van der Waals surface area contributed by atoms with Crippen LogP contribution >= 0.6 is 0 Å². The third kappa shape index (κ3) is 3.36. The SMILES string of the molecule is Cc1cc([N+](=O)[O-])cc(C(=O)N(C)CC2CCCN2)c1F. The highest BCUT2D eigenvalue weighted by Gasteiger charge is 2.24. The summed E-state index contributed by atoms with van der Waals surface area (Å²) >= 11 is 0. The van der Waals surface area contributed by atoms with Crippen molar-refractivity contribution >= 4 is 11.6 Å². The van der Waals surface area contributed by atoms with Gasteiger partial charge in [0, 0.05) is 31.8 Å². The van der Waals surface area contributed by atoms with E-state index in [-0.39, 0.29) is 22.9 Å². The van der Waals surface area contributed by atoms with Crippen molar-refractivity contribution in [1.29, 1.82) is 0 Å². The van der Waals surface area contributed by atoms with Gasteiger partial charge in [0.15, 0.2) is 0 Å². The Bertz CT molecular complexity index is 571. The minimum Gasteiger partial charge on any atom is -0.340 e. The first-order valence-electron chi connectivity index (χ1n) is 6.83. The van der Waals surface area contributed by atoms with Crippen LogP contribution in [-0.4, -0.2) is 41.9 Å². The number of nitrogens with zero attached hydrogens (tertiary/aromatic N) is 2. The Hall–Kier alpha value is -2.02. The predicted molar refractivity (Wildman–Crippen MR) is 75.8 cm³/mol. The number of hydrogen-bond donors (Lipinski definition) is 1. The molecule has 0 bridgehead atoms. The number of carbonyl (C=O) groups is 1. The van der Waals surface area contributed by atoms with Crippen molar-refractivity contribution in [3.05, 3.63) is 39.2 Å². The van der Waals surface area contributed by atoms with Crippen LogP contribution in [0.2, 0.25) is 0 Å². The van der Waals surface area contributed by atoms with Crippen molar-refractivity contribution in [2.75, 3.05) is 20.1 Å². The molecule has 1 unspecified atom stereocenters. The lowest BCUT2D eigenvalue weighted by molar-refractivity contribution is -0.385. The van der Waals surface area contributed by atoms with Crippen LogP contribution < -0.4 is 5.32 Å². The van der Waals surface area contributed by atoms with Gasteiger partial charge in [-0.15, -0.1) is 0 Å². The van der Waals surface area contributed by atoms with Crippen molar-refractivity contribution in [3.8, 4) is 0 Å². The molecule has 0 saturated carbocycles. The zero-order valence-corrected chi connectivity index (χ0v) is 12.1. The zero-order chi connectivity index (χ0) is 15.6. The van der Waals surface area contributed by atoms with E-state index in [0.717, 1.165) is 31.5 Å². The quantitative estimate of drug-likeness (QED) is 0.679. The van der Waals surface area contributed by atoms with Crippen molar-refractivity contribution in [3.63, 3.8) is 0 Å². The van der Waals surface area contributed by atoms with Crippen molar-refractivity contribution in [1.82, 2.24) is 10.2 Å². The second-order valence-corrected chi connectivity index (χ2v) is 5.36. The maximum Gasteiger partial charge on any atom is 0.270 e. The smallest absolute Gasteiger partial charge is 0.270 e. The van der Waals surface area contributed by atoms with E-state index in [9.17, 15) is 19.3 Å². The molecule has 0 aliphatic carbocycles. The third-order valence-electron chi connectivity index (χ3n) is 3.68. The van der Waals surface area contributed by atoms with Gasteiger partial charge in [-0.25, -0.2) is 4.39 Å². The van der Waals surface area contributed by atoms with Crippen molar-refractivity contribution in [2.24, 2.45) is 0 Å².